The molecule has 0 aliphatic heterocycles. The molecule has 9 heteroatoms. The lowest BCUT2D eigenvalue weighted by Gasteiger charge is -2.16. The largest absolute Gasteiger partial charge is 0.489 e. The van der Waals surface area contributed by atoms with E-state index in [-0.39, 0.29) is 30.6 Å². The second-order valence-electron chi connectivity index (χ2n) is 5.22. The Morgan fingerprint density at radius 2 is 2.12 bits per heavy atom. The first-order valence-electron chi connectivity index (χ1n) is 7.88. The van der Waals surface area contributed by atoms with Gasteiger partial charge in [-0.3, -0.25) is 0 Å². The number of nitrogens with zero attached hydrogens (tertiary/aromatic N) is 1. The maximum Gasteiger partial charge on any atom is 0.191 e. The van der Waals surface area contributed by atoms with Gasteiger partial charge < -0.3 is 20.5 Å². The Morgan fingerprint density at radius 3 is 2.81 bits per heavy atom. The zero-order valence-electron chi connectivity index (χ0n) is 14.2. The summed E-state index contributed by atoms with van der Waals surface area (Å²) in [6, 6.07) is 7.17. The molecule has 1 aromatic carbocycles. The molecule has 0 saturated heterocycles. The third-order valence-corrected chi connectivity index (χ3v) is 4.73. The van der Waals surface area contributed by atoms with Crippen LogP contribution >= 0.6 is 58.5 Å². The molecule has 0 radical (unpaired) electrons. The van der Waals surface area contributed by atoms with E-state index in [1.54, 1.807) is 29.5 Å². The number of hydrogen-bond donors (Lipinski definition) is 3. The van der Waals surface area contributed by atoms with E-state index in [4.69, 9.17) is 27.9 Å². The summed E-state index contributed by atoms with van der Waals surface area (Å²) in [5.74, 6) is 1.10. The first kappa shape index (κ1) is 23.3. The Kier molecular flexibility index (Phi) is 11.3. The van der Waals surface area contributed by atoms with Crippen LogP contribution in [0.4, 0.5) is 0 Å². The number of aliphatic imine (C=N–C) groups is 1. The smallest absolute Gasteiger partial charge is 0.191 e. The van der Waals surface area contributed by atoms with Crippen LogP contribution in [0.2, 0.25) is 10.0 Å². The Hall–Kier alpha value is -0.740. The van der Waals surface area contributed by atoms with Crippen molar-refractivity contribution in [2.24, 2.45) is 4.99 Å². The van der Waals surface area contributed by atoms with Gasteiger partial charge in [0.2, 0.25) is 0 Å². The number of thiophene rings is 1. The summed E-state index contributed by atoms with van der Waals surface area (Å²) in [5.41, 5.74) is 1.15. The number of guanidine groups is 1. The summed E-state index contributed by atoms with van der Waals surface area (Å²) in [7, 11) is 0. The standard InChI is InChI=1S/C17H21Cl2N3O2S.HI/c1-2-20-17(21-8-12-6-7-25-11-12)22-9-13(23)10-24-15-5-3-4-14(18)16(15)19;/h3-7,11,13,23H,2,8-10H2,1H3,(H2,20,21,22);1H. The number of aliphatic hydroxyl groups is 1. The van der Waals surface area contributed by atoms with E-state index < -0.39 is 6.10 Å². The third-order valence-electron chi connectivity index (χ3n) is 3.20. The molecule has 1 unspecified atom stereocenters. The maximum absolute atomic E-state index is 10.1. The molecule has 0 saturated carbocycles. The molecule has 0 amide bonds. The molecule has 1 atom stereocenters. The highest BCUT2D eigenvalue weighted by Gasteiger charge is 2.10. The molecule has 1 heterocycles. The highest BCUT2D eigenvalue weighted by Crippen LogP contribution is 2.31. The van der Waals surface area contributed by atoms with Crippen molar-refractivity contribution in [3.05, 3.63) is 50.6 Å². The Balaban J connectivity index is 0.00000338. The SMILES string of the molecule is CCNC(=NCc1ccsc1)NCC(O)COc1cccc(Cl)c1Cl.I. The zero-order chi connectivity index (χ0) is 18.1. The summed E-state index contributed by atoms with van der Waals surface area (Å²) < 4.78 is 5.53. The predicted octanol–water partition coefficient (Wildman–Crippen LogP) is 4.17. The van der Waals surface area contributed by atoms with E-state index in [2.05, 4.69) is 21.0 Å². The van der Waals surface area contributed by atoms with E-state index in [1.807, 2.05) is 18.4 Å². The van der Waals surface area contributed by atoms with Crippen LogP contribution in [0, 0.1) is 0 Å². The highest BCUT2D eigenvalue weighted by atomic mass is 127. The number of nitrogens with one attached hydrogen (secondary N) is 2. The van der Waals surface area contributed by atoms with Crippen molar-refractivity contribution in [1.29, 1.82) is 0 Å². The Bertz CT molecular complexity index is 687. The number of halogens is 3. The van der Waals surface area contributed by atoms with Crippen LogP contribution in [0.15, 0.2) is 40.0 Å². The fourth-order valence-corrected chi connectivity index (χ4v) is 2.96. The van der Waals surface area contributed by atoms with Gasteiger partial charge in [-0.15, -0.1) is 24.0 Å². The number of hydrogen-bond acceptors (Lipinski definition) is 4. The van der Waals surface area contributed by atoms with E-state index in [9.17, 15) is 5.11 Å². The summed E-state index contributed by atoms with van der Waals surface area (Å²) >= 11 is 13.6. The summed E-state index contributed by atoms with van der Waals surface area (Å²) in [5, 5.41) is 21.2. The lowest BCUT2D eigenvalue weighted by atomic mass is 10.3. The van der Waals surface area contributed by atoms with Crippen molar-refractivity contribution in [2.75, 3.05) is 19.7 Å². The van der Waals surface area contributed by atoms with Crippen LogP contribution in [-0.4, -0.2) is 36.9 Å². The molecule has 3 N–H and O–H groups in total. The van der Waals surface area contributed by atoms with Gasteiger partial charge in [0.15, 0.2) is 5.96 Å². The van der Waals surface area contributed by atoms with Gasteiger partial charge in [-0.1, -0.05) is 29.3 Å². The fraction of sp³-hybridized carbons (Fsp3) is 0.353. The molecule has 0 aliphatic rings. The van der Waals surface area contributed by atoms with E-state index in [0.29, 0.717) is 34.8 Å². The van der Waals surface area contributed by atoms with Crippen LogP contribution in [0.25, 0.3) is 0 Å². The van der Waals surface area contributed by atoms with Gasteiger partial charge in [0.1, 0.15) is 23.5 Å². The van der Waals surface area contributed by atoms with Crippen molar-refractivity contribution in [3.63, 3.8) is 0 Å². The molecule has 0 spiro atoms. The number of benzene rings is 1. The normalized spacial score (nSPS) is 12.2. The Labute approximate surface area is 184 Å². The van der Waals surface area contributed by atoms with Crippen LogP contribution in [-0.2, 0) is 6.54 Å². The van der Waals surface area contributed by atoms with Gasteiger partial charge in [-0.05, 0) is 41.4 Å². The summed E-state index contributed by atoms with van der Waals surface area (Å²) in [6.07, 6.45) is -0.722. The average Bonchev–Trinajstić information content (AvgIpc) is 3.12. The summed E-state index contributed by atoms with van der Waals surface area (Å²) in [4.78, 5) is 4.48. The predicted molar refractivity (Wildman–Crippen MR) is 121 cm³/mol. The summed E-state index contributed by atoms with van der Waals surface area (Å²) in [6.45, 7) is 3.71. The highest BCUT2D eigenvalue weighted by molar-refractivity contribution is 14.0. The number of rotatable bonds is 8. The van der Waals surface area contributed by atoms with Crippen LogP contribution in [0.5, 0.6) is 5.75 Å². The number of ether oxygens (including phenoxy) is 1. The fourth-order valence-electron chi connectivity index (χ4n) is 1.95. The van der Waals surface area contributed by atoms with Gasteiger partial charge in [0, 0.05) is 13.1 Å². The minimum atomic E-state index is -0.722. The monoisotopic (exact) mass is 529 g/mol. The maximum atomic E-state index is 10.1. The van der Waals surface area contributed by atoms with Crippen molar-refractivity contribution in [2.45, 2.75) is 19.6 Å². The van der Waals surface area contributed by atoms with Crippen LogP contribution in [0.3, 0.4) is 0 Å². The molecule has 0 bridgehead atoms. The van der Waals surface area contributed by atoms with Crippen molar-refractivity contribution < 1.29 is 9.84 Å². The van der Waals surface area contributed by atoms with Crippen LogP contribution in [0.1, 0.15) is 12.5 Å². The molecule has 2 rings (SSSR count). The second-order valence-corrected chi connectivity index (χ2v) is 6.79. The molecule has 144 valence electrons. The number of aliphatic hydroxyl groups excluding tert-OH is 1. The minimum absolute atomic E-state index is 0. The van der Waals surface area contributed by atoms with Crippen molar-refractivity contribution >= 4 is 64.5 Å². The average molecular weight is 530 g/mol. The molecule has 2 aromatic rings. The van der Waals surface area contributed by atoms with Gasteiger partial charge in [0.05, 0.1) is 11.6 Å². The Morgan fingerprint density at radius 1 is 1.31 bits per heavy atom. The zero-order valence-corrected chi connectivity index (χ0v) is 18.9. The van der Waals surface area contributed by atoms with Crippen molar-refractivity contribution in [1.82, 2.24) is 10.6 Å². The van der Waals surface area contributed by atoms with Gasteiger partial charge >= 0.3 is 0 Å². The minimum Gasteiger partial charge on any atom is -0.489 e. The van der Waals surface area contributed by atoms with Gasteiger partial charge in [0.25, 0.3) is 0 Å². The van der Waals surface area contributed by atoms with Crippen LogP contribution < -0.4 is 15.4 Å². The van der Waals surface area contributed by atoms with Gasteiger partial charge in [-0.25, -0.2) is 4.99 Å². The van der Waals surface area contributed by atoms with E-state index >= 15 is 0 Å². The first-order chi connectivity index (χ1) is 12.1. The van der Waals surface area contributed by atoms with Gasteiger partial charge in [-0.2, -0.15) is 11.3 Å². The third kappa shape index (κ3) is 7.87. The van der Waals surface area contributed by atoms with Crippen molar-refractivity contribution in [3.8, 4) is 5.75 Å². The quantitative estimate of drug-likeness (QED) is 0.273. The molecule has 5 nitrogen and oxygen atoms in total. The van der Waals surface area contributed by atoms with E-state index in [1.165, 1.54) is 0 Å². The molecule has 0 fully saturated rings. The topological polar surface area (TPSA) is 65.9 Å². The molecule has 0 aliphatic carbocycles. The first-order valence-corrected chi connectivity index (χ1v) is 9.58. The molecule has 1 aromatic heterocycles. The lowest BCUT2D eigenvalue weighted by Crippen LogP contribution is -2.42. The van der Waals surface area contributed by atoms with E-state index in [0.717, 1.165) is 12.1 Å². The lowest BCUT2D eigenvalue weighted by molar-refractivity contribution is 0.110. The second kappa shape index (κ2) is 12.6. The molecule has 26 heavy (non-hydrogen) atoms. The molecular formula is C17H22Cl2IN3O2S. The molecular weight excluding hydrogens is 508 g/mol.